The third-order valence-corrected chi connectivity index (χ3v) is 4.14. The van der Waals surface area contributed by atoms with Crippen LogP contribution >= 0.6 is 11.6 Å². The summed E-state index contributed by atoms with van der Waals surface area (Å²) in [5.41, 5.74) is 0.628. The van der Waals surface area contributed by atoms with Crippen LogP contribution in [0.3, 0.4) is 0 Å². The van der Waals surface area contributed by atoms with E-state index in [4.69, 9.17) is 16.3 Å². The zero-order chi connectivity index (χ0) is 18.2. The number of hydrogen-bond acceptors (Lipinski definition) is 7. The molecule has 1 unspecified atom stereocenters. The minimum absolute atomic E-state index is 0.126. The molecule has 2 aromatic rings. The Balaban J connectivity index is 2.01. The molecular weight excluding hydrogens is 344 g/mol. The Bertz CT molecular complexity index is 771. The summed E-state index contributed by atoms with van der Waals surface area (Å²) in [5, 5.41) is 21.5. The van der Waals surface area contributed by atoms with Gasteiger partial charge in [0, 0.05) is 12.5 Å². The highest BCUT2D eigenvalue weighted by Crippen LogP contribution is 2.32. The van der Waals surface area contributed by atoms with Crippen molar-refractivity contribution in [1.82, 2.24) is 19.7 Å². The predicted octanol–water partition coefficient (Wildman–Crippen LogP) is 2.73. The van der Waals surface area contributed by atoms with Crippen molar-refractivity contribution >= 4 is 29.1 Å². The minimum Gasteiger partial charge on any atom is -0.475 e. The highest BCUT2D eigenvalue weighted by atomic mass is 35.5. The monoisotopic (exact) mass is 366 g/mol. The highest BCUT2D eigenvalue weighted by Gasteiger charge is 2.23. The molecule has 1 aliphatic heterocycles. The summed E-state index contributed by atoms with van der Waals surface area (Å²) >= 11 is 6.17. The first-order valence-electron chi connectivity index (χ1n) is 8.21. The summed E-state index contributed by atoms with van der Waals surface area (Å²) in [4.78, 5) is 8.67. The fraction of sp³-hybridized carbons (Fsp3) is 0.562. The minimum atomic E-state index is -0.890. The standard InChI is InChI=1S/C16H23ClN6O2/c1-9-5-6-25-14-12(10(2)23(22-14)8-16(3,4)24)20-15-18-7-11(17)13(19-9)21-15/h7,9,24H,5-6,8H2,1-4H3,(H2,18,19,20,21). The van der Waals surface area contributed by atoms with E-state index in [-0.39, 0.29) is 6.04 Å². The van der Waals surface area contributed by atoms with Gasteiger partial charge in [-0.25, -0.2) is 4.98 Å². The lowest BCUT2D eigenvalue weighted by Crippen LogP contribution is -2.27. The zero-order valence-corrected chi connectivity index (χ0v) is 15.6. The molecule has 25 heavy (non-hydrogen) atoms. The summed E-state index contributed by atoms with van der Waals surface area (Å²) in [7, 11) is 0. The smallest absolute Gasteiger partial charge is 0.257 e. The Morgan fingerprint density at radius 2 is 2.24 bits per heavy atom. The van der Waals surface area contributed by atoms with Crippen molar-refractivity contribution in [2.24, 2.45) is 0 Å². The van der Waals surface area contributed by atoms with Crippen LogP contribution in [-0.2, 0) is 6.54 Å². The lowest BCUT2D eigenvalue weighted by Gasteiger charge is -2.18. The van der Waals surface area contributed by atoms with Gasteiger partial charge in [0.1, 0.15) is 10.7 Å². The average Bonchev–Trinajstić information content (AvgIpc) is 2.76. The van der Waals surface area contributed by atoms with Crippen LogP contribution in [0.4, 0.5) is 17.5 Å². The van der Waals surface area contributed by atoms with E-state index in [1.807, 2.05) is 13.8 Å². The molecule has 0 saturated carbocycles. The second kappa shape index (κ2) is 6.68. The van der Waals surface area contributed by atoms with Crippen LogP contribution in [-0.4, -0.2) is 43.1 Å². The average molecular weight is 367 g/mol. The molecule has 0 amide bonds. The van der Waals surface area contributed by atoms with Crippen LogP contribution in [0, 0.1) is 6.92 Å². The van der Waals surface area contributed by atoms with Crippen molar-refractivity contribution < 1.29 is 9.84 Å². The van der Waals surface area contributed by atoms with Gasteiger partial charge in [0.05, 0.1) is 30.6 Å². The third-order valence-electron chi connectivity index (χ3n) is 3.86. The van der Waals surface area contributed by atoms with E-state index in [0.29, 0.717) is 41.5 Å². The zero-order valence-electron chi connectivity index (χ0n) is 14.8. The second-order valence-corrected chi connectivity index (χ2v) is 7.34. The molecule has 2 bridgehead atoms. The molecule has 1 atom stereocenters. The second-order valence-electron chi connectivity index (χ2n) is 6.93. The number of nitrogens with one attached hydrogen (secondary N) is 2. The van der Waals surface area contributed by atoms with Gasteiger partial charge >= 0.3 is 0 Å². The molecule has 0 fully saturated rings. The fourth-order valence-corrected chi connectivity index (χ4v) is 2.71. The maximum absolute atomic E-state index is 10.1. The van der Waals surface area contributed by atoms with E-state index in [1.54, 1.807) is 24.7 Å². The van der Waals surface area contributed by atoms with Gasteiger partial charge in [0.25, 0.3) is 5.88 Å². The number of aliphatic hydroxyl groups is 1. The van der Waals surface area contributed by atoms with E-state index in [1.165, 1.54) is 0 Å². The molecule has 0 spiro atoms. The van der Waals surface area contributed by atoms with E-state index < -0.39 is 5.60 Å². The lowest BCUT2D eigenvalue weighted by atomic mass is 10.1. The quantitative estimate of drug-likeness (QED) is 0.751. The van der Waals surface area contributed by atoms with Crippen LogP contribution in [0.15, 0.2) is 6.20 Å². The first kappa shape index (κ1) is 17.8. The van der Waals surface area contributed by atoms with Gasteiger partial charge < -0.3 is 20.5 Å². The highest BCUT2D eigenvalue weighted by molar-refractivity contribution is 6.32. The Hall–Kier alpha value is -2.06. The van der Waals surface area contributed by atoms with Gasteiger partial charge in [-0.05, 0) is 27.7 Å². The van der Waals surface area contributed by atoms with E-state index in [2.05, 4.69) is 25.7 Å². The maximum Gasteiger partial charge on any atom is 0.257 e. The molecule has 0 radical (unpaired) electrons. The van der Waals surface area contributed by atoms with E-state index in [9.17, 15) is 5.11 Å². The molecule has 2 aromatic heterocycles. The molecule has 3 heterocycles. The van der Waals surface area contributed by atoms with Crippen molar-refractivity contribution in [2.45, 2.75) is 52.3 Å². The fourth-order valence-electron chi connectivity index (χ4n) is 2.56. The molecule has 0 saturated heterocycles. The number of hydrogen-bond donors (Lipinski definition) is 3. The number of rotatable bonds is 2. The summed E-state index contributed by atoms with van der Waals surface area (Å²) in [6, 6.07) is 0.126. The maximum atomic E-state index is 10.1. The predicted molar refractivity (Wildman–Crippen MR) is 96.8 cm³/mol. The van der Waals surface area contributed by atoms with Crippen molar-refractivity contribution in [1.29, 1.82) is 0 Å². The molecule has 3 N–H and O–H groups in total. The van der Waals surface area contributed by atoms with Crippen LogP contribution in [0.5, 0.6) is 5.88 Å². The van der Waals surface area contributed by atoms with Crippen LogP contribution in [0.25, 0.3) is 0 Å². The van der Waals surface area contributed by atoms with Gasteiger partial charge in [-0.2, -0.15) is 4.98 Å². The van der Waals surface area contributed by atoms with Crippen molar-refractivity contribution in [3.8, 4) is 5.88 Å². The van der Waals surface area contributed by atoms with Crippen LogP contribution in [0.2, 0.25) is 5.02 Å². The number of anilines is 3. The number of nitrogens with zero attached hydrogens (tertiary/aromatic N) is 4. The van der Waals surface area contributed by atoms with Crippen LogP contribution in [0.1, 0.15) is 32.9 Å². The SMILES string of the molecule is Cc1c2c(nn1CC(C)(C)O)OCCC(C)Nc1nc(ncc1Cl)N2. The van der Waals surface area contributed by atoms with Crippen LogP contribution < -0.4 is 15.4 Å². The topological polar surface area (TPSA) is 97.1 Å². The summed E-state index contributed by atoms with van der Waals surface area (Å²) in [6.07, 6.45) is 2.31. The molecule has 136 valence electrons. The van der Waals surface area contributed by atoms with Gasteiger partial charge in [-0.1, -0.05) is 11.6 Å². The molecule has 0 aromatic carbocycles. The van der Waals surface area contributed by atoms with Crippen molar-refractivity contribution in [3.63, 3.8) is 0 Å². The molecular formula is C16H23ClN6O2. The van der Waals surface area contributed by atoms with Gasteiger partial charge in [-0.15, -0.1) is 5.10 Å². The molecule has 9 heteroatoms. The molecule has 8 nitrogen and oxygen atoms in total. The van der Waals surface area contributed by atoms with Gasteiger partial charge in [0.15, 0.2) is 5.82 Å². The number of aromatic nitrogens is 4. The Labute approximate surface area is 151 Å². The largest absolute Gasteiger partial charge is 0.475 e. The van der Waals surface area contributed by atoms with Gasteiger partial charge in [0.2, 0.25) is 5.95 Å². The van der Waals surface area contributed by atoms with E-state index in [0.717, 1.165) is 12.1 Å². The number of fused-ring (bicyclic) bond motifs is 3. The van der Waals surface area contributed by atoms with Crippen molar-refractivity contribution in [3.05, 3.63) is 16.9 Å². The lowest BCUT2D eigenvalue weighted by molar-refractivity contribution is 0.0566. The first-order chi connectivity index (χ1) is 11.7. The first-order valence-corrected chi connectivity index (χ1v) is 8.59. The normalized spacial score (nSPS) is 17.6. The molecule has 3 rings (SSSR count). The van der Waals surface area contributed by atoms with E-state index >= 15 is 0 Å². The summed E-state index contributed by atoms with van der Waals surface area (Å²) < 4.78 is 7.59. The Kier molecular flexibility index (Phi) is 4.75. The third kappa shape index (κ3) is 4.13. The Morgan fingerprint density at radius 3 is 2.96 bits per heavy atom. The van der Waals surface area contributed by atoms with Gasteiger partial charge in [-0.3, -0.25) is 4.68 Å². The Morgan fingerprint density at radius 1 is 1.48 bits per heavy atom. The summed E-state index contributed by atoms with van der Waals surface area (Å²) in [6.45, 7) is 8.26. The van der Waals surface area contributed by atoms with Crippen molar-refractivity contribution in [2.75, 3.05) is 17.2 Å². The number of halogens is 1. The number of ether oxygens (including phenoxy) is 1. The molecule has 1 aliphatic rings. The molecule has 0 aliphatic carbocycles. The summed E-state index contributed by atoms with van der Waals surface area (Å²) in [5.74, 6) is 1.45.